The van der Waals surface area contributed by atoms with Crippen molar-refractivity contribution in [2.45, 2.75) is 25.4 Å². The Kier molecular flexibility index (Phi) is 3.71. The Morgan fingerprint density at radius 3 is 2.94 bits per heavy atom. The van der Waals surface area contributed by atoms with E-state index < -0.39 is 11.4 Å². The second-order valence-electron chi connectivity index (χ2n) is 4.84. The van der Waals surface area contributed by atoms with E-state index in [1.54, 1.807) is 19.1 Å². The molecule has 1 N–H and O–H groups in total. The van der Waals surface area contributed by atoms with Crippen molar-refractivity contribution in [1.29, 1.82) is 0 Å². The molecule has 1 aromatic carbocycles. The molecule has 17 heavy (non-hydrogen) atoms. The van der Waals surface area contributed by atoms with Crippen LogP contribution in [-0.2, 0) is 11.2 Å². The summed E-state index contributed by atoms with van der Waals surface area (Å²) in [5, 5.41) is 10.5. The van der Waals surface area contributed by atoms with E-state index in [4.69, 9.17) is 16.3 Å². The van der Waals surface area contributed by atoms with Crippen LogP contribution in [0.1, 0.15) is 18.9 Å². The van der Waals surface area contributed by atoms with Crippen LogP contribution in [0.25, 0.3) is 0 Å². The maximum absolute atomic E-state index is 13.0. The minimum absolute atomic E-state index is 0.0981. The Bertz CT molecular complexity index is 400. The molecule has 0 aliphatic carbocycles. The standard InChI is InChI=1S/C13H16ClFO2/c1-13(16,10-4-5-17-8-10)7-9-2-3-12(15)11(14)6-9/h2-3,6,10,16H,4-5,7-8H2,1H3. The molecular formula is C13H16ClFO2. The molecule has 94 valence electrons. The quantitative estimate of drug-likeness (QED) is 0.903. The summed E-state index contributed by atoms with van der Waals surface area (Å²) in [7, 11) is 0. The highest BCUT2D eigenvalue weighted by molar-refractivity contribution is 6.30. The van der Waals surface area contributed by atoms with Crippen LogP contribution >= 0.6 is 11.6 Å². The fraction of sp³-hybridized carbons (Fsp3) is 0.538. The van der Waals surface area contributed by atoms with Gasteiger partial charge in [0.2, 0.25) is 0 Å². The van der Waals surface area contributed by atoms with E-state index in [0.29, 0.717) is 19.6 Å². The first-order valence-electron chi connectivity index (χ1n) is 5.73. The predicted molar refractivity (Wildman–Crippen MR) is 64.7 cm³/mol. The summed E-state index contributed by atoms with van der Waals surface area (Å²) in [5.41, 5.74) is 0.00536. The lowest BCUT2D eigenvalue weighted by Gasteiger charge is -2.29. The van der Waals surface area contributed by atoms with Crippen LogP contribution in [0.15, 0.2) is 18.2 Å². The third kappa shape index (κ3) is 2.97. The number of hydrogen-bond acceptors (Lipinski definition) is 2. The van der Waals surface area contributed by atoms with Crippen molar-refractivity contribution >= 4 is 11.6 Å². The zero-order chi connectivity index (χ0) is 12.5. The minimum Gasteiger partial charge on any atom is -0.389 e. The van der Waals surface area contributed by atoms with E-state index in [-0.39, 0.29) is 10.9 Å². The van der Waals surface area contributed by atoms with Crippen molar-refractivity contribution in [2.75, 3.05) is 13.2 Å². The summed E-state index contributed by atoms with van der Waals surface area (Å²) in [5.74, 6) is -0.300. The van der Waals surface area contributed by atoms with Gasteiger partial charge in [-0.2, -0.15) is 0 Å². The molecule has 0 radical (unpaired) electrons. The van der Waals surface area contributed by atoms with Gasteiger partial charge in [0, 0.05) is 18.9 Å². The lowest BCUT2D eigenvalue weighted by atomic mass is 9.83. The largest absolute Gasteiger partial charge is 0.389 e. The van der Waals surface area contributed by atoms with Crippen LogP contribution in [0.4, 0.5) is 4.39 Å². The van der Waals surface area contributed by atoms with Gasteiger partial charge in [0.1, 0.15) is 5.82 Å². The molecule has 1 aromatic rings. The molecule has 0 spiro atoms. The number of rotatable bonds is 3. The van der Waals surface area contributed by atoms with E-state index in [9.17, 15) is 9.50 Å². The Balaban J connectivity index is 2.10. The van der Waals surface area contributed by atoms with Gasteiger partial charge in [-0.05, 0) is 31.0 Å². The van der Waals surface area contributed by atoms with E-state index in [1.165, 1.54) is 6.07 Å². The molecule has 1 aliphatic heterocycles. The lowest BCUT2D eigenvalue weighted by Crippen LogP contribution is -2.37. The first-order valence-corrected chi connectivity index (χ1v) is 6.11. The summed E-state index contributed by atoms with van der Waals surface area (Å²) < 4.78 is 18.3. The van der Waals surface area contributed by atoms with Crippen LogP contribution in [-0.4, -0.2) is 23.9 Å². The predicted octanol–water partition coefficient (Wildman–Crippen LogP) is 2.81. The smallest absolute Gasteiger partial charge is 0.141 e. The van der Waals surface area contributed by atoms with E-state index in [0.717, 1.165) is 12.0 Å². The van der Waals surface area contributed by atoms with E-state index >= 15 is 0 Å². The van der Waals surface area contributed by atoms with Gasteiger partial charge < -0.3 is 9.84 Å². The molecule has 2 nitrogen and oxygen atoms in total. The number of benzene rings is 1. The lowest BCUT2D eigenvalue weighted by molar-refractivity contribution is -0.00455. The number of aliphatic hydroxyl groups is 1. The van der Waals surface area contributed by atoms with Gasteiger partial charge in [-0.25, -0.2) is 4.39 Å². The van der Waals surface area contributed by atoms with Gasteiger partial charge in [-0.1, -0.05) is 17.7 Å². The first kappa shape index (κ1) is 12.8. The Labute approximate surface area is 105 Å². The molecule has 4 heteroatoms. The summed E-state index contributed by atoms with van der Waals surface area (Å²) in [6.07, 6.45) is 1.32. The molecule has 2 unspecified atom stereocenters. The topological polar surface area (TPSA) is 29.5 Å². The van der Waals surface area contributed by atoms with E-state index in [1.807, 2.05) is 0 Å². The van der Waals surface area contributed by atoms with Crippen molar-refractivity contribution in [2.24, 2.45) is 5.92 Å². The molecular weight excluding hydrogens is 243 g/mol. The van der Waals surface area contributed by atoms with Crippen molar-refractivity contribution < 1.29 is 14.2 Å². The molecule has 1 fully saturated rings. The molecule has 1 saturated heterocycles. The zero-order valence-electron chi connectivity index (χ0n) is 9.75. The van der Waals surface area contributed by atoms with Gasteiger partial charge in [-0.15, -0.1) is 0 Å². The third-order valence-electron chi connectivity index (χ3n) is 3.36. The van der Waals surface area contributed by atoms with Crippen LogP contribution in [0.5, 0.6) is 0 Å². The second-order valence-corrected chi connectivity index (χ2v) is 5.25. The van der Waals surface area contributed by atoms with Gasteiger partial charge in [0.15, 0.2) is 0 Å². The van der Waals surface area contributed by atoms with Gasteiger partial charge in [-0.3, -0.25) is 0 Å². The molecule has 0 bridgehead atoms. The third-order valence-corrected chi connectivity index (χ3v) is 3.64. The average molecular weight is 259 g/mol. The summed E-state index contributed by atoms with van der Waals surface area (Å²) >= 11 is 5.72. The van der Waals surface area contributed by atoms with Gasteiger partial charge >= 0.3 is 0 Å². The fourth-order valence-electron chi connectivity index (χ4n) is 2.23. The normalized spacial score (nSPS) is 23.6. The SMILES string of the molecule is CC(O)(Cc1ccc(F)c(Cl)c1)C1CCOC1. The monoisotopic (exact) mass is 258 g/mol. The molecule has 0 aromatic heterocycles. The summed E-state index contributed by atoms with van der Waals surface area (Å²) in [6, 6.07) is 4.56. The van der Waals surface area contributed by atoms with Crippen LogP contribution < -0.4 is 0 Å². The number of ether oxygens (including phenoxy) is 1. The van der Waals surface area contributed by atoms with Crippen molar-refractivity contribution in [3.05, 3.63) is 34.6 Å². The molecule has 0 amide bonds. The second kappa shape index (κ2) is 4.92. The first-order chi connectivity index (χ1) is 7.99. The maximum atomic E-state index is 13.0. The molecule has 1 heterocycles. The van der Waals surface area contributed by atoms with Crippen LogP contribution in [0.2, 0.25) is 5.02 Å². The zero-order valence-corrected chi connectivity index (χ0v) is 10.5. The molecule has 1 aliphatic rings. The molecule has 0 saturated carbocycles. The maximum Gasteiger partial charge on any atom is 0.141 e. The van der Waals surface area contributed by atoms with Crippen molar-refractivity contribution in [1.82, 2.24) is 0 Å². The Morgan fingerprint density at radius 2 is 2.35 bits per heavy atom. The molecule has 2 atom stereocenters. The van der Waals surface area contributed by atoms with Crippen molar-refractivity contribution in [3.63, 3.8) is 0 Å². The minimum atomic E-state index is -0.836. The number of halogens is 2. The fourth-order valence-corrected chi connectivity index (χ4v) is 2.44. The highest BCUT2D eigenvalue weighted by Crippen LogP contribution is 2.30. The number of hydrogen-bond donors (Lipinski definition) is 1. The van der Waals surface area contributed by atoms with Gasteiger partial charge in [0.05, 0.1) is 17.2 Å². The van der Waals surface area contributed by atoms with Crippen LogP contribution in [0, 0.1) is 11.7 Å². The summed E-state index contributed by atoms with van der Waals surface area (Å²) in [6.45, 7) is 3.08. The average Bonchev–Trinajstić information content (AvgIpc) is 2.77. The Hall–Kier alpha value is -0.640. The van der Waals surface area contributed by atoms with Crippen LogP contribution in [0.3, 0.4) is 0 Å². The van der Waals surface area contributed by atoms with Crippen molar-refractivity contribution in [3.8, 4) is 0 Å². The highest BCUT2D eigenvalue weighted by atomic mass is 35.5. The summed E-state index contributed by atoms with van der Waals surface area (Å²) in [4.78, 5) is 0. The highest BCUT2D eigenvalue weighted by Gasteiger charge is 2.34. The molecule has 2 rings (SSSR count). The van der Waals surface area contributed by atoms with E-state index in [2.05, 4.69) is 0 Å². The Morgan fingerprint density at radius 1 is 1.59 bits per heavy atom. The van der Waals surface area contributed by atoms with Gasteiger partial charge in [0.25, 0.3) is 0 Å².